The van der Waals surface area contributed by atoms with Gasteiger partial charge in [0.1, 0.15) is 0 Å². The van der Waals surface area contributed by atoms with E-state index in [1.807, 2.05) is 17.5 Å². The molecule has 18 heavy (non-hydrogen) atoms. The maximum atomic E-state index is 4.56. The molecule has 2 heterocycles. The molecule has 1 N–H and O–H groups in total. The number of hydrogen-bond donors (Lipinski definition) is 1. The van der Waals surface area contributed by atoms with Crippen LogP contribution in [0.2, 0.25) is 0 Å². The number of hydrogen-bond acceptors (Lipinski definition) is 5. The van der Waals surface area contributed by atoms with Gasteiger partial charge in [-0.05, 0) is 19.5 Å². The minimum Gasteiger partial charge on any atom is -0.346 e. The van der Waals surface area contributed by atoms with Crippen molar-refractivity contribution in [1.29, 1.82) is 0 Å². The first-order valence-electron chi connectivity index (χ1n) is 6.96. The van der Waals surface area contributed by atoms with Gasteiger partial charge in [-0.25, -0.2) is 4.98 Å². The van der Waals surface area contributed by atoms with Crippen LogP contribution in [0.5, 0.6) is 0 Å². The Balaban J connectivity index is 1.82. The molecule has 4 nitrogen and oxygen atoms in total. The SMILES string of the molecule is CCCNCc1cnc(N2CCN(CC)CC2)s1. The first-order chi connectivity index (χ1) is 8.83. The van der Waals surface area contributed by atoms with Crippen LogP contribution in [0.15, 0.2) is 6.20 Å². The van der Waals surface area contributed by atoms with Crippen molar-refractivity contribution >= 4 is 16.5 Å². The Bertz CT molecular complexity index is 345. The fraction of sp³-hybridized carbons (Fsp3) is 0.769. The third-order valence-corrected chi connectivity index (χ3v) is 4.42. The maximum Gasteiger partial charge on any atom is 0.185 e. The molecule has 1 aromatic heterocycles. The monoisotopic (exact) mass is 268 g/mol. The molecule has 1 aromatic rings. The van der Waals surface area contributed by atoms with Crippen LogP contribution in [-0.4, -0.2) is 49.2 Å². The summed E-state index contributed by atoms with van der Waals surface area (Å²) in [7, 11) is 0. The van der Waals surface area contributed by atoms with Crippen molar-refractivity contribution < 1.29 is 0 Å². The Hall–Kier alpha value is -0.650. The van der Waals surface area contributed by atoms with Crippen molar-refractivity contribution in [3.8, 4) is 0 Å². The third kappa shape index (κ3) is 3.67. The molecular weight excluding hydrogens is 244 g/mol. The van der Waals surface area contributed by atoms with Crippen molar-refractivity contribution in [2.45, 2.75) is 26.8 Å². The van der Waals surface area contributed by atoms with Crippen LogP contribution in [0, 0.1) is 0 Å². The average Bonchev–Trinajstić information content (AvgIpc) is 2.88. The highest BCUT2D eigenvalue weighted by molar-refractivity contribution is 7.15. The lowest BCUT2D eigenvalue weighted by atomic mass is 10.3. The van der Waals surface area contributed by atoms with Crippen LogP contribution >= 0.6 is 11.3 Å². The van der Waals surface area contributed by atoms with E-state index in [9.17, 15) is 0 Å². The largest absolute Gasteiger partial charge is 0.346 e. The predicted molar refractivity (Wildman–Crippen MR) is 78.4 cm³/mol. The smallest absolute Gasteiger partial charge is 0.185 e. The average molecular weight is 268 g/mol. The molecule has 0 aromatic carbocycles. The predicted octanol–water partition coefficient (Wildman–Crippen LogP) is 1.78. The van der Waals surface area contributed by atoms with Crippen LogP contribution in [0.1, 0.15) is 25.1 Å². The Labute approximate surface area is 114 Å². The van der Waals surface area contributed by atoms with Gasteiger partial charge >= 0.3 is 0 Å². The topological polar surface area (TPSA) is 31.4 Å². The summed E-state index contributed by atoms with van der Waals surface area (Å²) in [5, 5.41) is 4.62. The van der Waals surface area contributed by atoms with E-state index in [-0.39, 0.29) is 0 Å². The number of thiazole rings is 1. The highest BCUT2D eigenvalue weighted by Crippen LogP contribution is 2.23. The van der Waals surface area contributed by atoms with Crippen LogP contribution in [-0.2, 0) is 6.54 Å². The zero-order valence-corrected chi connectivity index (χ0v) is 12.3. The molecule has 0 amide bonds. The molecule has 0 radical (unpaired) electrons. The van der Waals surface area contributed by atoms with Crippen LogP contribution in [0.25, 0.3) is 0 Å². The Morgan fingerprint density at radius 1 is 1.28 bits per heavy atom. The maximum absolute atomic E-state index is 4.56. The van der Waals surface area contributed by atoms with E-state index in [2.05, 4.69) is 33.9 Å². The molecule has 0 saturated carbocycles. The van der Waals surface area contributed by atoms with Gasteiger partial charge in [0.2, 0.25) is 0 Å². The molecule has 1 aliphatic heterocycles. The van der Waals surface area contributed by atoms with Crippen molar-refractivity contribution in [2.24, 2.45) is 0 Å². The Morgan fingerprint density at radius 2 is 2.06 bits per heavy atom. The minimum absolute atomic E-state index is 0.959. The molecule has 0 unspecified atom stereocenters. The van der Waals surface area contributed by atoms with E-state index < -0.39 is 0 Å². The summed E-state index contributed by atoms with van der Waals surface area (Å²) < 4.78 is 0. The fourth-order valence-corrected chi connectivity index (χ4v) is 3.10. The van der Waals surface area contributed by atoms with Crippen molar-refractivity contribution in [3.05, 3.63) is 11.1 Å². The molecule has 2 rings (SSSR count). The van der Waals surface area contributed by atoms with Gasteiger partial charge in [0, 0.05) is 43.8 Å². The van der Waals surface area contributed by atoms with Crippen LogP contribution in [0.3, 0.4) is 0 Å². The quantitative estimate of drug-likeness (QED) is 0.797. The standard InChI is InChI=1S/C13H24N4S/c1-3-5-14-10-12-11-15-13(18-12)17-8-6-16(4-2)7-9-17/h11,14H,3-10H2,1-2H3. The number of rotatable bonds is 6. The highest BCUT2D eigenvalue weighted by atomic mass is 32.1. The molecule has 1 aliphatic rings. The summed E-state index contributed by atoms with van der Waals surface area (Å²) in [5.74, 6) is 0. The zero-order chi connectivity index (χ0) is 12.8. The molecule has 102 valence electrons. The third-order valence-electron chi connectivity index (χ3n) is 3.36. The van der Waals surface area contributed by atoms with Gasteiger partial charge in [-0.15, -0.1) is 11.3 Å². The second-order valence-corrected chi connectivity index (χ2v) is 5.80. The Kier molecular flexibility index (Phi) is 5.41. The van der Waals surface area contributed by atoms with E-state index in [4.69, 9.17) is 0 Å². The minimum atomic E-state index is 0.959. The number of nitrogens with one attached hydrogen (secondary N) is 1. The van der Waals surface area contributed by atoms with Gasteiger partial charge in [-0.3, -0.25) is 0 Å². The summed E-state index contributed by atoms with van der Waals surface area (Å²) in [6.07, 6.45) is 3.21. The molecule has 1 saturated heterocycles. The second-order valence-electron chi connectivity index (χ2n) is 4.71. The lowest BCUT2D eigenvalue weighted by Crippen LogP contribution is -2.46. The zero-order valence-electron chi connectivity index (χ0n) is 11.5. The van der Waals surface area contributed by atoms with Gasteiger partial charge in [-0.2, -0.15) is 0 Å². The molecule has 0 atom stereocenters. The van der Waals surface area contributed by atoms with Crippen LogP contribution in [0.4, 0.5) is 5.13 Å². The summed E-state index contributed by atoms with van der Waals surface area (Å²) in [4.78, 5) is 10.8. The van der Waals surface area contributed by atoms with Crippen molar-refractivity contribution in [2.75, 3.05) is 44.2 Å². The molecule has 0 aliphatic carbocycles. The number of likely N-dealkylation sites (N-methyl/N-ethyl adjacent to an activating group) is 1. The molecule has 1 fully saturated rings. The summed E-state index contributed by atoms with van der Waals surface area (Å²) >= 11 is 1.83. The van der Waals surface area contributed by atoms with Gasteiger partial charge in [0.05, 0.1) is 0 Å². The lowest BCUT2D eigenvalue weighted by Gasteiger charge is -2.33. The van der Waals surface area contributed by atoms with Gasteiger partial charge in [-0.1, -0.05) is 13.8 Å². The van der Waals surface area contributed by atoms with E-state index in [1.54, 1.807) is 0 Å². The van der Waals surface area contributed by atoms with Crippen molar-refractivity contribution in [1.82, 2.24) is 15.2 Å². The van der Waals surface area contributed by atoms with Gasteiger partial charge in [0.25, 0.3) is 0 Å². The van der Waals surface area contributed by atoms with E-state index in [0.717, 1.165) is 32.7 Å². The molecule has 0 spiro atoms. The number of nitrogens with zero attached hydrogens (tertiary/aromatic N) is 3. The fourth-order valence-electron chi connectivity index (χ4n) is 2.17. The van der Waals surface area contributed by atoms with Crippen LogP contribution < -0.4 is 10.2 Å². The summed E-state index contributed by atoms with van der Waals surface area (Å²) in [5.41, 5.74) is 0. The van der Waals surface area contributed by atoms with Gasteiger partial charge < -0.3 is 15.1 Å². The van der Waals surface area contributed by atoms with E-state index >= 15 is 0 Å². The summed E-state index contributed by atoms with van der Waals surface area (Å²) in [6.45, 7) is 12.2. The molecule has 0 bridgehead atoms. The first-order valence-corrected chi connectivity index (χ1v) is 7.77. The van der Waals surface area contributed by atoms with Gasteiger partial charge in [0.15, 0.2) is 5.13 Å². The molecular formula is C13H24N4S. The number of piperazine rings is 1. The number of aromatic nitrogens is 1. The van der Waals surface area contributed by atoms with Crippen molar-refractivity contribution in [3.63, 3.8) is 0 Å². The lowest BCUT2D eigenvalue weighted by molar-refractivity contribution is 0.271. The Morgan fingerprint density at radius 3 is 2.72 bits per heavy atom. The van der Waals surface area contributed by atoms with E-state index in [1.165, 1.54) is 29.5 Å². The normalized spacial score (nSPS) is 17.3. The van der Waals surface area contributed by atoms with E-state index in [0.29, 0.717) is 0 Å². The number of anilines is 1. The second kappa shape index (κ2) is 7.07. The molecule has 5 heteroatoms. The first kappa shape index (κ1) is 13.8. The highest BCUT2D eigenvalue weighted by Gasteiger charge is 2.18. The summed E-state index contributed by atoms with van der Waals surface area (Å²) in [6, 6.07) is 0.